The van der Waals surface area contributed by atoms with Gasteiger partial charge < -0.3 is 24.8 Å². The first-order chi connectivity index (χ1) is 16.5. The SMILES string of the molecule is CCOc1ccc(NC(=O)CN2C(=O)NC(C)(c3ccc(OC(F)(F)F)cc3)C2=O)cc1OCC. The van der Waals surface area contributed by atoms with Crippen molar-refractivity contribution in [1.29, 1.82) is 0 Å². The molecule has 1 heterocycles. The summed E-state index contributed by atoms with van der Waals surface area (Å²) in [5.74, 6) is -0.918. The minimum absolute atomic E-state index is 0.223. The fourth-order valence-corrected chi connectivity index (χ4v) is 3.50. The van der Waals surface area contributed by atoms with Crippen molar-refractivity contribution in [3.63, 3.8) is 0 Å². The third-order valence-corrected chi connectivity index (χ3v) is 5.07. The Morgan fingerprint density at radius 2 is 1.66 bits per heavy atom. The second-order valence-corrected chi connectivity index (χ2v) is 7.59. The van der Waals surface area contributed by atoms with Crippen molar-refractivity contribution < 1.29 is 41.8 Å². The number of anilines is 1. The van der Waals surface area contributed by atoms with Crippen LogP contribution in [0.15, 0.2) is 42.5 Å². The molecule has 2 aromatic rings. The number of amides is 4. The first-order valence-corrected chi connectivity index (χ1v) is 10.7. The number of alkyl halides is 3. The Kier molecular flexibility index (Phi) is 7.42. The number of hydrogen-bond acceptors (Lipinski definition) is 6. The summed E-state index contributed by atoms with van der Waals surface area (Å²) in [5.41, 5.74) is -0.979. The Morgan fingerprint density at radius 3 is 2.26 bits per heavy atom. The number of ether oxygens (including phenoxy) is 3. The Bertz CT molecular complexity index is 1110. The van der Waals surface area contributed by atoms with Gasteiger partial charge in [-0.2, -0.15) is 0 Å². The maximum Gasteiger partial charge on any atom is 0.573 e. The molecule has 1 atom stereocenters. The highest BCUT2D eigenvalue weighted by Crippen LogP contribution is 2.32. The summed E-state index contributed by atoms with van der Waals surface area (Å²) in [5, 5.41) is 5.09. The minimum Gasteiger partial charge on any atom is -0.490 e. The summed E-state index contributed by atoms with van der Waals surface area (Å²) < 4.78 is 52.0. The van der Waals surface area contributed by atoms with E-state index >= 15 is 0 Å². The summed E-state index contributed by atoms with van der Waals surface area (Å²) in [6.45, 7) is 5.24. The van der Waals surface area contributed by atoms with Gasteiger partial charge in [0.05, 0.1) is 13.2 Å². The number of urea groups is 1. The maximum atomic E-state index is 13.0. The van der Waals surface area contributed by atoms with E-state index in [9.17, 15) is 27.6 Å². The maximum absolute atomic E-state index is 13.0. The number of nitrogens with one attached hydrogen (secondary N) is 2. The van der Waals surface area contributed by atoms with E-state index in [-0.39, 0.29) is 5.56 Å². The van der Waals surface area contributed by atoms with Crippen LogP contribution < -0.4 is 24.8 Å². The summed E-state index contributed by atoms with van der Waals surface area (Å²) in [4.78, 5) is 38.8. The van der Waals surface area contributed by atoms with Gasteiger partial charge in [-0.25, -0.2) is 4.79 Å². The van der Waals surface area contributed by atoms with Crippen molar-refractivity contribution in [2.45, 2.75) is 32.7 Å². The fourth-order valence-electron chi connectivity index (χ4n) is 3.50. The molecule has 1 aliphatic heterocycles. The van der Waals surface area contributed by atoms with E-state index < -0.39 is 42.0 Å². The van der Waals surface area contributed by atoms with E-state index in [2.05, 4.69) is 15.4 Å². The van der Waals surface area contributed by atoms with Crippen LogP contribution in [-0.4, -0.2) is 48.9 Å². The monoisotopic (exact) mass is 495 g/mol. The van der Waals surface area contributed by atoms with Crippen LogP contribution in [0.25, 0.3) is 0 Å². The zero-order valence-electron chi connectivity index (χ0n) is 19.2. The fraction of sp³-hybridized carbons (Fsp3) is 0.348. The van der Waals surface area contributed by atoms with Crippen LogP contribution in [0, 0.1) is 0 Å². The highest BCUT2D eigenvalue weighted by atomic mass is 19.4. The Morgan fingerprint density at radius 1 is 1.03 bits per heavy atom. The van der Waals surface area contributed by atoms with Crippen LogP contribution >= 0.6 is 0 Å². The number of imide groups is 1. The molecular weight excluding hydrogens is 471 g/mol. The van der Waals surface area contributed by atoms with E-state index in [1.165, 1.54) is 19.1 Å². The van der Waals surface area contributed by atoms with E-state index in [0.717, 1.165) is 17.0 Å². The molecule has 12 heteroatoms. The number of carbonyl (C=O) groups is 3. The third-order valence-electron chi connectivity index (χ3n) is 5.07. The van der Waals surface area contributed by atoms with Gasteiger partial charge in [0, 0.05) is 11.8 Å². The summed E-state index contributed by atoms with van der Waals surface area (Å²) in [6.07, 6.45) is -4.86. The Labute approximate surface area is 199 Å². The minimum atomic E-state index is -4.86. The van der Waals surface area contributed by atoms with E-state index in [4.69, 9.17) is 9.47 Å². The van der Waals surface area contributed by atoms with Gasteiger partial charge in [-0.15, -0.1) is 13.2 Å². The van der Waals surface area contributed by atoms with Crippen LogP contribution in [0.1, 0.15) is 26.3 Å². The number of carbonyl (C=O) groups excluding carboxylic acids is 3. The first-order valence-electron chi connectivity index (χ1n) is 10.7. The van der Waals surface area contributed by atoms with E-state index in [0.29, 0.717) is 30.4 Å². The van der Waals surface area contributed by atoms with Gasteiger partial charge in [-0.1, -0.05) is 12.1 Å². The molecule has 3 rings (SSSR count). The van der Waals surface area contributed by atoms with Gasteiger partial charge in [0.15, 0.2) is 11.5 Å². The molecule has 0 spiro atoms. The van der Waals surface area contributed by atoms with Crippen molar-refractivity contribution in [3.8, 4) is 17.2 Å². The van der Waals surface area contributed by atoms with Crippen LogP contribution in [0.2, 0.25) is 0 Å². The number of hydrogen-bond donors (Lipinski definition) is 2. The second-order valence-electron chi connectivity index (χ2n) is 7.59. The number of benzene rings is 2. The van der Waals surface area contributed by atoms with Gasteiger partial charge in [0.25, 0.3) is 5.91 Å². The predicted octanol–water partition coefficient (Wildman–Crippen LogP) is 3.79. The molecule has 0 radical (unpaired) electrons. The second kappa shape index (κ2) is 10.1. The van der Waals surface area contributed by atoms with Crippen molar-refractivity contribution in [1.82, 2.24) is 10.2 Å². The van der Waals surface area contributed by atoms with E-state index in [1.54, 1.807) is 25.1 Å². The molecule has 0 bridgehead atoms. The molecule has 4 amide bonds. The quantitative estimate of drug-likeness (QED) is 0.513. The van der Waals surface area contributed by atoms with Gasteiger partial charge in [-0.05, 0) is 50.6 Å². The van der Waals surface area contributed by atoms with Gasteiger partial charge in [0.1, 0.15) is 17.8 Å². The number of halogens is 3. The summed E-state index contributed by atoms with van der Waals surface area (Å²) >= 11 is 0. The van der Waals surface area contributed by atoms with E-state index in [1.807, 2.05) is 6.92 Å². The molecule has 9 nitrogen and oxygen atoms in total. The molecule has 1 aliphatic rings. The third kappa shape index (κ3) is 5.94. The van der Waals surface area contributed by atoms with Crippen molar-refractivity contribution >= 4 is 23.5 Å². The van der Waals surface area contributed by atoms with Crippen molar-refractivity contribution in [2.75, 3.05) is 25.1 Å². The Hall–Kier alpha value is -3.96. The van der Waals surface area contributed by atoms with Crippen LogP contribution in [0.3, 0.4) is 0 Å². The van der Waals surface area contributed by atoms with Gasteiger partial charge in [0.2, 0.25) is 5.91 Å². The topological polar surface area (TPSA) is 106 Å². The van der Waals surface area contributed by atoms with Crippen LogP contribution in [0.5, 0.6) is 17.2 Å². The number of rotatable bonds is 9. The van der Waals surface area contributed by atoms with Crippen molar-refractivity contribution in [2.24, 2.45) is 0 Å². The first kappa shape index (κ1) is 25.7. The highest BCUT2D eigenvalue weighted by Gasteiger charge is 2.49. The molecule has 0 aliphatic carbocycles. The molecule has 2 aromatic carbocycles. The zero-order chi connectivity index (χ0) is 25.8. The highest BCUT2D eigenvalue weighted by molar-refractivity contribution is 6.10. The normalized spacial score (nSPS) is 17.7. The van der Waals surface area contributed by atoms with Gasteiger partial charge >= 0.3 is 12.4 Å². The largest absolute Gasteiger partial charge is 0.573 e. The molecular formula is C23H24F3N3O6. The molecule has 0 saturated carbocycles. The average Bonchev–Trinajstić information content (AvgIpc) is 2.99. The molecule has 35 heavy (non-hydrogen) atoms. The molecule has 0 aromatic heterocycles. The lowest BCUT2D eigenvalue weighted by Crippen LogP contribution is -2.42. The number of nitrogens with zero attached hydrogens (tertiary/aromatic N) is 1. The summed E-state index contributed by atoms with van der Waals surface area (Å²) in [6, 6.07) is 8.50. The molecule has 1 fully saturated rings. The smallest absolute Gasteiger partial charge is 0.490 e. The zero-order valence-corrected chi connectivity index (χ0v) is 19.2. The van der Waals surface area contributed by atoms with Gasteiger partial charge in [-0.3, -0.25) is 14.5 Å². The van der Waals surface area contributed by atoms with Crippen LogP contribution in [-0.2, 0) is 15.1 Å². The molecule has 1 unspecified atom stereocenters. The lowest BCUT2D eigenvalue weighted by atomic mass is 9.92. The Balaban J connectivity index is 1.70. The summed E-state index contributed by atoms with van der Waals surface area (Å²) in [7, 11) is 0. The lowest BCUT2D eigenvalue weighted by Gasteiger charge is -2.22. The molecule has 1 saturated heterocycles. The standard InChI is InChI=1S/C23H24F3N3O6/c1-4-33-17-11-8-15(12-18(17)34-5-2)27-19(30)13-29-20(31)22(3,28-21(29)32)14-6-9-16(10-7-14)35-23(24,25)26/h6-12H,4-5,13H2,1-3H3,(H,27,30)(H,28,32). The molecule has 188 valence electrons. The van der Waals surface area contributed by atoms with Crippen molar-refractivity contribution in [3.05, 3.63) is 48.0 Å². The van der Waals surface area contributed by atoms with Crippen LogP contribution in [0.4, 0.5) is 23.7 Å². The average molecular weight is 495 g/mol. The lowest BCUT2D eigenvalue weighted by molar-refractivity contribution is -0.274. The molecule has 2 N–H and O–H groups in total. The predicted molar refractivity (Wildman–Crippen MR) is 118 cm³/mol.